The van der Waals surface area contributed by atoms with Crippen LogP contribution >= 0.6 is 0 Å². The van der Waals surface area contributed by atoms with Gasteiger partial charge >= 0.3 is 5.97 Å². The third kappa shape index (κ3) is 10.4. The van der Waals surface area contributed by atoms with Gasteiger partial charge in [-0.15, -0.1) is 13.2 Å². The summed E-state index contributed by atoms with van der Waals surface area (Å²) in [5.41, 5.74) is 1.01. The molecule has 0 saturated carbocycles. The average Bonchev–Trinajstić information content (AvgIpc) is 2.62. The predicted molar refractivity (Wildman–Crippen MR) is 126 cm³/mol. The van der Waals surface area contributed by atoms with Gasteiger partial charge in [-0.1, -0.05) is 45.9 Å². The lowest BCUT2D eigenvalue weighted by Crippen LogP contribution is -2.49. The van der Waals surface area contributed by atoms with Gasteiger partial charge in [-0.25, -0.2) is 0 Å². The Morgan fingerprint density at radius 1 is 1.17 bits per heavy atom. The van der Waals surface area contributed by atoms with Crippen molar-refractivity contribution in [3.8, 4) is 0 Å². The molecule has 168 valence electrons. The minimum atomic E-state index is -1.98. The molecule has 0 heterocycles. The minimum Gasteiger partial charge on any atom is -0.461 e. The fraction of sp³-hybridized carbons (Fsp3) is 0.708. The standard InChI is InChI=1S/C24H44O4Si/c1-11-13-14-15-16-22(25)27-18-19(3)17-20(4)23(21(12-2)26-8)28-29(9,10)24(5,6)7/h11-12,17,20-21,23H,1-2,13-16,18H2,3-10H3/b19-17+/t20-,21+,23+/m1/s1. The molecule has 0 fully saturated rings. The number of esters is 1. The van der Waals surface area contributed by atoms with Crippen molar-refractivity contribution in [2.45, 2.75) is 90.6 Å². The molecule has 0 unspecified atom stereocenters. The first-order valence-corrected chi connectivity index (χ1v) is 13.6. The van der Waals surface area contributed by atoms with Gasteiger partial charge < -0.3 is 13.9 Å². The number of methoxy groups -OCH3 is 1. The van der Waals surface area contributed by atoms with Gasteiger partial charge in [-0.2, -0.15) is 0 Å². The van der Waals surface area contributed by atoms with Crippen molar-refractivity contribution in [2.75, 3.05) is 13.7 Å². The van der Waals surface area contributed by atoms with Crippen LogP contribution in [0.15, 0.2) is 37.0 Å². The maximum absolute atomic E-state index is 11.9. The number of hydrogen-bond donors (Lipinski definition) is 0. The summed E-state index contributed by atoms with van der Waals surface area (Å²) >= 11 is 0. The molecule has 0 aromatic carbocycles. The fourth-order valence-electron chi connectivity index (χ4n) is 2.77. The summed E-state index contributed by atoms with van der Waals surface area (Å²) in [7, 11) is -0.299. The number of hydrogen-bond acceptors (Lipinski definition) is 4. The monoisotopic (exact) mass is 424 g/mol. The highest BCUT2D eigenvalue weighted by molar-refractivity contribution is 6.74. The lowest BCUT2D eigenvalue weighted by Gasteiger charge is -2.42. The molecule has 0 aromatic rings. The van der Waals surface area contributed by atoms with Gasteiger partial charge in [0.1, 0.15) is 12.7 Å². The first-order chi connectivity index (χ1) is 13.4. The molecule has 0 spiro atoms. The van der Waals surface area contributed by atoms with Gasteiger partial charge in [-0.3, -0.25) is 4.79 Å². The Bertz CT molecular complexity index is 546. The molecule has 0 aliphatic rings. The number of unbranched alkanes of at least 4 members (excludes halogenated alkanes) is 2. The van der Waals surface area contributed by atoms with E-state index in [1.807, 2.05) is 13.0 Å². The second kappa shape index (κ2) is 13.2. The van der Waals surface area contributed by atoms with Crippen LogP contribution in [0.4, 0.5) is 0 Å². The quantitative estimate of drug-likeness (QED) is 0.139. The predicted octanol–water partition coefficient (Wildman–Crippen LogP) is 6.45. The van der Waals surface area contributed by atoms with E-state index in [9.17, 15) is 4.79 Å². The maximum atomic E-state index is 11.9. The highest BCUT2D eigenvalue weighted by Gasteiger charge is 2.41. The number of carbonyl (C=O) groups excluding carboxylic acids is 1. The van der Waals surface area contributed by atoms with Crippen LogP contribution in [-0.2, 0) is 18.7 Å². The highest BCUT2D eigenvalue weighted by atomic mass is 28.4. The summed E-state index contributed by atoms with van der Waals surface area (Å²) in [6.45, 7) is 23.2. The summed E-state index contributed by atoms with van der Waals surface area (Å²) < 4.78 is 17.8. The van der Waals surface area contributed by atoms with E-state index in [0.29, 0.717) is 13.0 Å². The molecule has 0 bridgehead atoms. The van der Waals surface area contributed by atoms with Crippen LogP contribution in [0.25, 0.3) is 0 Å². The molecule has 5 heteroatoms. The third-order valence-corrected chi connectivity index (χ3v) is 10.1. The number of allylic oxidation sites excluding steroid dienone is 1. The molecule has 0 N–H and O–H groups in total. The zero-order chi connectivity index (χ0) is 22.7. The average molecular weight is 425 g/mol. The van der Waals surface area contributed by atoms with Crippen LogP contribution in [0.3, 0.4) is 0 Å². The van der Waals surface area contributed by atoms with Gasteiger partial charge in [0.25, 0.3) is 0 Å². The largest absolute Gasteiger partial charge is 0.461 e. The van der Waals surface area contributed by atoms with Crippen molar-refractivity contribution in [3.63, 3.8) is 0 Å². The van der Waals surface area contributed by atoms with Crippen molar-refractivity contribution in [3.05, 3.63) is 37.0 Å². The van der Waals surface area contributed by atoms with Gasteiger partial charge in [0, 0.05) is 19.4 Å². The SMILES string of the molecule is C=CCCCCC(=O)OC/C(C)=C/[C@@H](C)[C@H](O[Si](C)(C)C(C)(C)C)[C@H](C=C)OC. The molecule has 29 heavy (non-hydrogen) atoms. The fourth-order valence-corrected chi connectivity index (χ4v) is 4.15. The van der Waals surface area contributed by atoms with E-state index in [0.717, 1.165) is 24.8 Å². The van der Waals surface area contributed by atoms with E-state index in [2.05, 4.69) is 60.0 Å². The molecule has 0 saturated heterocycles. The zero-order valence-electron chi connectivity index (χ0n) is 20.0. The van der Waals surface area contributed by atoms with Crippen molar-refractivity contribution in [1.82, 2.24) is 0 Å². The molecule has 0 aromatic heterocycles. The van der Waals surface area contributed by atoms with Crippen molar-refractivity contribution < 1.29 is 18.7 Å². The van der Waals surface area contributed by atoms with Gasteiger partial charge in [0.15, 0.2) is 8.32 Å². The Morgan fingerprint density at radius 3 is 2.28 bits per heavy atom. The van der Waals surface area contributed by atoms with E-state index in [4.69, 9.17) is 13.9 Å². The molecular weight excluding hydrogens is 380 g/mol. The lowest BCUT2D eigenvalue weighted by atomic mass is 9.97. The molecule has 4 nitrogen and oxygen atoms in total. The van der Waals surface area contributed by atoms with Crippen molar-refractivity contribution >= 4 is 14.3 Å². The molecular formula is C24H44O4Si. The third-order valence-electron chi connectivity index (χ3n) is 5.63. The van der Waals surface area contributed by atoms with E-state index >= 15 is 0 Å². The minimum absolute atomic E-state index is 0.0957. The summed E-state index contributed by atoms with van der Waals surface area (Å²) in [5.74, 6) is -0.0530. The summed E-state index contributed by atoms with van der Waals surface area (Å²) in [5, 5.41) is 0.102. The molecule has 0 rings (SSSR count). The highest BCUT2D eigenvalue weighted by Crippen LogP contribution is 2.39. The van der Waals surface area contributed by atoms with Crippen molar-refractivity contribution in [2.24, 2.45) is 5.92 Å². The van der Waals surface area contributed by atoms with Crippen LogP contribution in [-0.4, -0.2) is 40.2 Å². The van der Waals surface area contributed by atoms with Crippen LogP contribution in [0.5, 0.6) is 0 Å². The molecule has 0 amide bonds. The molecule has 0 radical (unpaired) electrons. The first kappa shape index (κ1) is 27.8. The van der Waals surface area contributed by atoms with E-state index < -0.39 is 8.32 Å². The zero-order valence-corrected chi connectivity index (χ0v) is 21.0. The first-order valence-electron chi connectivity index (χ1n) is 10.7. The maximum Gasteiger partial charge on any atom is 0.306 e. The van der Waals surface area contributed by atoms with E-state index in [-0.39, 0.29) is 29.1 Å². The van der Waals surface area contributed by atoms with Crippen LogP contribution in [0, 0.1) is 5.92 Å². The smallest absolute Gasteiger partial charge is 0.306 e. The second-order valence-electron chi connectivity index (χ2n) is 9.35. The number of rotatable bonds is 14. The Balaban J connectivity index is 5.05. The summed E-state index contributed by atoms with van der Waals surface area (Å²) in [4.78, 5) is 11.9. The summed E-state index contributed by atoms with van der Waals surface area (Å²) in [6.07, 6.45) is 8.66. The van der Waals surface area contributed by atoms with Crippen LogP contribution in [0.1, 0.15) is 60.3 Å². The molecule has 0 aliphatic heterocycles. The Kier molecular flexibility index (Phi) is 12.7. The van der Waals surface area contributed by atoms with E-state index in [1.165, 1.54) is 0 Å². The number of ether oxygens (including phenoxy) is 2. The van der Waals surface area contributed by atoms with Gasteiger partial charge in [0.2, 0.25) is 0 Å². The second-order valence-corrected chi connectivity index (χ2v) is 14.1. The van der Waals surface area contributed by atoms with Gasteiger partial charge in [-0.05, 0) is 49.9 Å². The van der Waals surface area contributed by atoms with Gasteiger partial charge in [0.05, 0.1) is 6.10 Å². The Hall–Kier alpha value is -1.17. The normalized spacial score (nSPS) is 16.1. The molecule has 0 aliphatic carbocycles. The van der Waals surface area contributed by atoms with E-state index in [1.54, 1.807) is 13.2 Å². The Morgan fingerprint density at radius 2 is 1.79 bits per heavy atom. The lowest BCUT2D eigenvalue weighted by molar-refractivity contribution is -0.142. The topological polar surface area (TPSA) is 44.8 Å². The van der Waals surface area contributed by atoms with Crippen LogP contribution < -0.4 is 0 Å². The number of carbonyl (C=O) groups is 1. The van der Waals surface area contributed by atoms with Crippen molar-refractivity contribution in [1.29, 1.82) is 0 Å². The summed E-state index contributed by atoms with van der Waals surface area (Å²) in [6, 6.07) is 0. The van der Waals surface area contributed by atoms with Crippen LogP contribution in [0.2, 0.25) is 18.1 Å². The molecule has 3 atom stereocenters. The Labute approximate surface area is 180 Å².